The van der Waals surface area contributed by atoms with Crippen molar-refractivity contribution in [3.05, 3.63) is 41.5 Å². The maximum absolute atomic E-state index is 12.4. The lowest BCUT2D eigenvalue weighted by molar-refractivity contribution is -0.125. The molecule has 2 aliphatic rings. The lowest BCUT2D eigenvalue weighted by Crippen LogP contribution is -2.42. The van der Waals surface area contributed by atoms with Gasteiger partial charge in [0.15, 0.2) is 0 Å². The molecule has 2 amide bonds. The van der Waals surface area contributed by atoms with Gasteiger partial charge in [0.05, 0.1) is 5.92 Å². The van der Waals surface area contributed by atoms with Gasteiger partial charge >= 0.3 is 0 Å². The van der Waals surface area contributed by atoms with Crippen LogP contribution in [0.1, 0.15) is 36.0 Å². The van der Waals surface area contributed by atoms with Crippen molar-refractivity contribution < 1.29 is 9.59 Å². The third kappa shape index (κ3) is 2.55. The number of carbonyl (C=O) groups excluding carboxylic acids is 2. The Morgan fingerprint density at radius 3 is 3.08 bits per heavy atom. The molecule has 0 unspecified atom stereocenters. The highest BCUT2D eigenvalue weighted by atomic mass is 16.2. The van der Waals surface area contributed by atoms with Crippen LogP contribution >= 0.6 is 0 Å². The van der Waals surface area contributed by atoms with Gasteiger partial charge in [-0.2, -0.15) is 0 Å². The van der Waals surface area contributed by atoms with E-state index in [1.807, 2.05) is 35.8 Å². The number of aromatic nitrogens is 3. The van der Waals surface area contributed by atoms with E-state index < -0.39 is 5.92 Å². The largest absolute Gasteiger partial charge is 0.352 e. The number of nitrogens with zero attached hydrogens (tertiary/aromatic N) is 3. The third-order valence-electron chi connectivity index (χ3n) is 4.80. The fourth-order valence-electron chi connectivity index (χ4n) is 3.53. The molecule has 7 heteroatoms. The lowest BCUT2D eigenvalue weighted by atomic mass is 9.96. The number of carbonyl (C=O) groups is 2. The molecule has 4 rings (SSSR count). The molecule has 0 radical (unpaired) electrons. The summed E-state index contributed by atoms with van der Waals surface area (Å²) in [4.78, 5) is 24.5. The molecule has 2 aromatic rings. The molecule has 1 aromatic carbocycles. The molecule has 24 heavy (non-hydrogen) atoms. The Labute approximate surface area is 139 Å². The van der Waals surface area contributed by atoms with E-state index in [4.69, 9.17) is 0 Å². The molecule has 1 aromatic heterocycles. The fraction of sp³-hybridized carbons (Fsp3) is 0.412. The zero-order valence-corrected chi connectivity index (χ0v) is 13.5. The first-order valence-corrected chi connectivity index (χ1v) is 8.19. The minimum absolute atomic E-state index is 0.0550. The topological polar surface area (TPSA) is 88.9 Å². The van der Waals surface area contributed by atoms with Gasteiger partial charge in [-0.15, -0.1) is 10.2 Å². The second-order valence-electron chi connectivity index (χ2n) is 6.41. The highest BCUT2D eigenvalue weighted by Gasteiger charge is 2.32. The Bertz CT molecular complexity index is 813. The Morgan fingerprint density at radius 1 is 1.38 bits per heavy atom. The predicted octanol–water partition coefficient (Wildman–Crippen LogP) is 1.14. The van der Waals surface area contributed by atoms with E-state index >= 15 is 0 Å². The van der Waals surface area contributed by atoms with E-state index in [0.29, 0.717) is 6.54 Å². The predicted molar refractivity (Wildman–Crippen MR) is 87.4 cm³/mol. The zero-order chi connectivity index (χ0) is 16.7. The number of hydrogen-bond donors (Lipinski definition) is 2. The quantitative estimate of drug-likeness (QED) is 0.886. The molecule has 2 aliphatic heterocycles. The van der Waals surface area contributed by atoms with E-state index in [0.717, 1.165) is 35.7 Å². The van der Waals surface area contributed by atoms with Gasteiger partial charge < -0.3 is 15.2 Å². The van der Waals surface area contributed by atoms with Gasteiger partial charge in [0.2, 0.25) is 11.8 Å². The van der Waals surface area contributed by atoms with Crippen molar-refractivity contribution in [1.29, 1.82) is 0 Å². The summed E-state index contributed by atoms with van der Waals surface area (Å²) in [5.41, 5.74) is 1.71. The fourth-order valence-corrected chi connectivity index (χ4v) is 3.53. The third-order valence-corrected chi connectivity index (χ3v) is 4.80. The number of para-hydroxylation sites is 1. The zero-order valence-electron chi connectivity index (χ0n) is 13.5. The number of aryl methyl sites for hydroxylation is 2. The standard InChI is InChI=1S/C17H19N5O2/c1-10-20-21-15-7-6-11(9-22(10)15)18-16(23)8-13-12-4-2-3-5-14(12)19-17(13)24/h2-5,11,13H,6-9H2,1H3,(H,18,23)(H,19,24)/t11-,13+/m0/s1. The molecule has 0 saturated carbocycles. The van der Waals surface area contributed by atoms with Crippen molar-refractivity contribution >= 4 is 17.5 Å². The minimum atomic E-state index is -0.406. The summed E-state index contributed by atoms with van der Waals surface area (Å²) in [5.74, 6) is 1.24. The molecule has 0 fully saturated rings. The Hall–Kier alpha value is -2.70. The number of nitrogens with one attached hydrogen (secondary N) is 2. The van der Waals surface area contributed by atoms with E-state index in [9.17, 15) is 9.59 Å². The summed E-state index contributed by atoms with van der Waals surface area (Å²) in [7, 11) is 0. The number of amides is 2. The van der Waals surface area contributed by atoms with Crippen molar-refractivity contribution in [3.8, 4) is 0 Å². The average molecular weight is 325 g/mol. The molecule has 3 heterocycles. The summed E-state index contributed by atoms with van der Waals surface area (Å²) in [6.45, 7) is 2.61. The maximum atomic E-state index is 12.4. The van der Waals surface area contributed by atoms with Gasteiger partial charge in [-0.25, -0.2) is 0 Å². The Morgan fingerprint density at radius 2 is 2.21 bits per heavy atom. The van der Waals surface area contributed by atoms with Crippen LogP contribution in [0.2, 0.25) is 0 Å². The van der Waals surface area contributed by atoms with Crippen LogP contribution in [0.25, 0.3) is 0 Å². The first kappa shape index (κ1) is 14.9. The molecule has 2 atom stereocenters. The smallest absolute Gasteiger partial charge is 0.232 e. The number of benzene rings is 1. The second-order valence-corrected chi connectivity index (χ2v) is 6.41. The summed E-state index contributed by atoms with van der Waals surface area (Å²) in [6, 6.07) is 7.59. The summed E-state index contributed by atoms with van der Waals surface area (Å²) >= 11 is 0. The van der Waals surface area contributed by atoms with Gasteiger partial charge in [0, 0.05) is 31.1 Å². The highest BCUT2D eigenvalue weighted by molar-refractivity contribution is 6.04. The molecule has 0 aliphatic carbocycles. The van der Waals surface area contributed by atoms with Crippen molar-refractivity contribution in [2.45, 2.75) is 44.7 Å². The SMILES string of the molecule is Cc1nnc2n1C[C@@H](NC(=O)C[C@H]1C(=O)Nc3ccccc31)CC2. The molecule has 7 nitrogen and oxygen atoms in total. The van der Waals surface area contributed by atoms with Crippen molar-refractivity contribution in [1.82, 2.24) is 20.1 Å². The van der Waals surface area contributed by atoms with Crippen LogP contribution in [0.4, 0.5) is 5.69 Å². The van der Waals surface area contributed by atoms with Crippen LogP contribution in [-0.2, 0) is 22.6 Å². The van der Waals surface area contributed by atoms with E-state index in [-0.39, 0.29) is 24.3 Å². The van der Waals surface area contributed by atoms with E-state index in [2.05, 4.69) is 20.8 Å². The van der Waals surface area contributed by atoms with Gasteiger partial charge in [-0.3, -0.25) is 9.59 Å². The van der Waals surface area contributed by atoms with Crippen LogP contribution in [0.3, 0.4) is 0 Å². The first-order chi connectivity index (χ1) is 11.6. The second kappa shape index (κ2) is 5.74. The summed E-state index contributed by atoms with van der Waals surface area (Å²) in [5, 5.41) is 14.1. The molecule has 0 bridgehead atoms. The van der Waals surface area contributed by atoms with Crippen LogP contribution in [0.5, 0.6) is 0 Å². The Balaban J connectivity index is 1.41. The molecule has 0 saturated heterocycles. The monoisotopic (exact) mass is 325 g/mol. The number of anilines is 1. The molecule has 0 spiro atoms. The average Bonchev–Trinajstić information content (AvgIpc) is 3.09. The minimum Gasteiger partial charge on any atom is -0.352 e. The van der Waals surface area contributed by atoms with Crippen LogP contribution < -0.4 is 10.6 Å². The Kier molecular flexibility index (Phi) is 3.55. The number of hydrogen-bond acceptors (Lipinski definition) is 4. The molecule has 124 valence electrons. The van der Waals surface area contributed by atoms with Crippen LogP contribution in [0, 0.1) is 6.92 Å². The number of rotatable bonds is 3. The van der Waals surface area contributed by atoms with Crippen molar-refractivity contribution in [2.24, 2.45) is 0 Å². The van der Waals surface area contributed by atoms with Crippen molar-refractivity contribution in [3.63, 3.8) is 0 Å². The molecule has 2 N–H and O–H groups in total. The molecular formula is C17H19N5O2. The van der Waals surface area contributed by atoms with Gasteiger partial charge in [-0.1, -0.05) is 18.2 Å². The van der Waals surface area contributed by atoms with Crippen LogP contribution in [-0.4, -0.2) is 32.6 Å². The highest BCUT2D eigenvalue weighted by Crippen LogP contribution is 2.34. The maximum Gasteiger partial charge on any atom is 0.232 e. The first-order valence-electron chi connectivity index (χ1n) is 8.19. The van der Waals surface area contributed by atoms with Crippen molar-refractivity contribution in [2.75, 3.05) is 5.32 Å². The normalized spacial score (nSPS) is 21.8. The van der Waals surface area contributed by atoms with Gasteiger partial charge in [0.1, 0.15) is 11.6 Å². The van der Waals surface area contributed by atoms with E-state index in [1.54, 1.807) is 0 Å². The lowest BCUT2D eigenvalue weighted by Gasteiger charge is -2.25. The van der Waals surface area contributed by atoms with E-state index in [1.165, 1.54) is 0 Å². The number of fused-ring (bicyclic) bond motifs is 2. The van der Waals surface area contributed by atoms with Gasteiger partial charge in [0.25, 0.3) is 0 Å². The molecular weight excluding hydrogens is 306 g/mol. The summed E-state index contributed by atoms with van der Waals surface area (Å²) < 4.78 is 2.05. The summed E-state index contributed by atoms with van der Waals surface area (Å²) in [6.07, 6.45) is 1.82. The van der Waals surface area contributed by atoms with Gasteiger partial charge in [-0.05, 0) is 25.0 Å². The van der Waals surface area contributed by atoms with Crippen LogP contribution in [0.15, 0.2) is 24.3 Å².